The van der Waals surface area contributed by atoms with Crippen molar-refractivity contribution in [3.63, 3.8) is 0 Å². The van der Waals surface area contributed by atoms with Crippen LogP contribution in [-0.4, -0.2) is 41.1 Å². The molecule has 0 saturated carbocycles. The van der Waals surface area contributed by atoms with Crippen LogP contribution in [0.4, 0.5) is 0 Å². The Bertz CT molecular complexity index is 317. The zero-order valence-electron chi connectivity index (χ0n) is 10.9. The number of nitrogens with zero attached hydrogens (tertiary/aromatic N) is 3. The van der Waals surface area contributed by atoms with Crippen LogP contribution in [0.3, 0.4) is 0 Å². The van der Waals surface area contributed by atoms with E-state index in [1.54, 1.807) is 0 Å². The van der Waals surface area contributed by atoms with E-state index in [4.69, 9.17) is 5.73 Å². The summed E-state index contributed by atoms with van der Waals surface area (Å²) in [7, 11) is 4.17. The zero-order chi connectivity index (χ0) is 12.2. The molecular formula is C12H24N4. The number of nitrogens with two attached hydrogens (primary N) is 1. The minimum Gasteiger partial charge on any atom is -0.338 e. The number of aromatic nitrogens is 2. The van der Waals surface area contributed by atoms with Gasteiger partial charge in [-0.05, 0) is 19.0 Å². The van der Waals surface area contributed by atoms with Crippen molar-refractivity contribution >= 4 is 0 Å². The van der Waals surface area contributed by atoms with Gasteiger partial charge in [-0.1, -0.05) is 13.8 Å². The summed E-state index contributed by atoms with van der Waals surface area (Å²) < 4.78 is 2.07. The molecule has 0 unspecified atom stereocenters. The van der Waals surface area contributed by atoms with Crippen LogP contribution >= 0.6 is 0 Å². The van der Waals surface area contributed by atoms with Crippen molar-refractivity contribution in [2.45, 2.75) is 20.3 Å². The average molecular weight is 224 g/mol. The Hall–Kier alpha value is -0.870. The summed E-state index contributed by atoms with van der Waals surface area (Å²) in [4.78, 5) is 6.64. The monoisotopic (exact) mass is 224 g/mol. The van der Waals surface area contributed by atoms with Gasteiger partial charge < -0.3 is 15.2 Å². The van der Waals surface area contributed by atoms with E-state index in [1.807, 2.05) is 19.4 Å². The van der Waals surface area contributed by atoms with Gasteiger partial charge in [0, 0.05) is 39.0 Å². The van der Waals surface area contributed by atoms with Gasteiger partial charge in [0.05, 0.1) is 0 Å². The van der Waals surface area contributed by atoms with Crippen LogP contribution in [0.15, 0.2) is 12.4 Å². The summed E-state index contributed by atoms with van der Waals surface area (Å²) in [5.74, 6) is 1.14. The fourth-order valence-electron chi connectivity index (χ4n) is 1.80. The van der Waals surface area contributed by atoms with Gasteiger partial charge in [0.1, 0.15) is 5.82 Å². The molecule has 0 aliphatic rings. The fraction of sp³-hybridized carbons (Fsp3) is 0.750. The van der Waals surface area contributed by atoms with Crippen molar-refractivity contribution in [1.29, 1.82) is 0 Å². The number of likely N-dealkylation sites (N-methyl/N-ethyl adjacent to an activating group) is 1. The van der Waals surface area contributed by atoms with E-state index in [1.165, 1.54) is 0 Å². The maximum Gasteiger partial charge on any atom is 0.109 e. The average Bonchev–Trinajstić information content (AvgIpc) is 2.60. The van der Waals surface area contributed by atoms with E-state index in [0.717, 1.165) is 31.9 Å². The summed E-state index contributed by atoms with van der Waals surface area (Å²) in [6, 6.07) is 0. The molecule has 1 heterocycles. The fourth-order valence-corrected chi connectivity index (χ4v) is 1.80. The number of hydrogen-bond donors (Lipinski definition) is 1. The SMILES string of the molecule is CN(CCc1nccn1C)CC(C)(C)CN. The summed E-state index contributed by atoms with van der Waals surface area (Å²) in [5.41, 5.74) is 5.92. The summed E-state index contributed by atoms with van der Waals surface area (Å²) in [6.45, 7) is 7.16. The first-order valence-electron chi connectivity index (χ1n) is 5.79. The van der Waals surface area contributed by atoms with Gasteiger partial charge >= 0.3 is 0 Å². The lowest BCUT2D eigenvalue weighted by molar-refractivity contribution is 0.216. The summed E-state index contributed by atoms with van der Waals surface area (Å²) >= 11 is 0. The van der Waals surface area contributed by atoms with Gasteiger partial charge in [-0.15, -0.1) is 0 Å². The molecule has 2 N–H and O–H groups in total. The van der Waals surface area contributed by atoms with Crippen LogP contribution < -0.4 is 5.73 Å². The lowest BCUT2D eigenvalue weighted by Gasteiger charge is -2.28. The van der Waals surface area contributed by atoms with Crippen molar-refractivity contribution in [2.24, 2.45) is 18.2 Å². The third kappa shape index (κ3) is 3.94. The Morgan fingerprint density at radius 2 is 2.19 bits per heavy atom. The lowest BCUT2D eigenvalue weighted by atomic mass is 9.93. The third-order valence-corrected chi connectivity index (χ3v) is 2.89. The van der Waals surface area contributed by atoms with Gasteiger partial charge in [-0.25, -0.2) is 4.98 Å². The van der Waals surface area contributed by atoms with Crippen LogP contribution in [-0.2, 0) is 13.5 Å². The molecule has 0 aliphatic heterocycles. The molecule has 0 saturated heterocycles. The molecule has 0 bridgehead atoms. The highest BCUT2D eigenvalue weighted by Gasteiger charge is 2.17. The van der Waals surface area contributed by atoms with Crippen LogP contribution in [0, 0.1) is 5.41 Å². The Labute approximate surface area is 98.5 Å². The predicted molar refractivity (Wildman–Crippen MR) is 67.2 cm³/mol. The zero-order valence-corrected chi connectivity index (χ0v) is 10.9. The van der Waals surface area contributed by atoms with E-state index in [2.05, 4.69) is 35.3 Å². The number of aryl methyl sites for hydroxylation is 1. The first kappa shape index (κ1) is 13.2. The molecule has 4 nitrogen and oxygen atoms in total. The Kier molecular flexibility index (Phi) is 4.50. The number of hydrogen-bond acceptors (Lipinski definition) is 3. The van der Waals surface area contributed by atoms with Gasteiger partial charge in [0.25, 0.3) is 0 Å². The van der Waals surface area contributed by atoms with Gasteiger partial charge in [-0.3, -0.25) is 0 Å². The minimum atomic E-state index is 0.191. The van der Waals surface area contributed by atoms with Crippen LogP contribution in [0.1, 0.15) is 19.7 Å². The van der Waals surface area contributed by atoms with E-state index in [-0.39, 0.29) is 5.41 Å². The number of imidazole rings is 1. The maximum atomic E-state index is 5.73. The van der Waals surface area contributed by atoms with Crippen molar-refractivity contribution in [3.05, 3.63) is 18.2 Å². The Morgan fingerprint density at radius 1 is 1.50 bits per heavy atom. The van der Waals surface area contributed by atoms with Crippen molar-refractivity contribution in [2.75, 3.05) is 26.7 Å². The van der Waals surface area contributed by atoms with Crippen LogP contribution in [0.2, 0.25) is 0 Å². The molecule has 0 atom stereocenters. The highest BCUT2D eigenvalue weighted by molar-refractivity contribution is 4.91. The highest BCUT2D eigenvalue weighted by Crippen LogP contribution is 2.13. The van der Waals surface area contributed by atoms with Crippen molar-refractivity contribution < 1.29 is 0 Å². The summed E-state index contributed by atoms with van der Waals surface area (Å²) in [6.07, 6.45) is 4.82. The minimum absolute atomic E-state index is 0.191. The molecule has 0 amide bonds. The van der Waals surface area contributed by atoms with Crippen molar-refractivity contribution in [3.8, 4) is 0 Å². The molecule has 1 aromatic heterocycles. The molecule has 0 aliphatic carbocycles. The topological polar surface area (TPSA) is 47.1 Å². The molecule has 0 radical (unpaired) electrons. The maximum absolute atomic E-state index is 5.73. The second-order valence-electron chi connectivity index (χ2n) is 5.31. The normalized spacial score (nSPS) is 12.4. The van der Waals surface area contributed by atoms with Gasteiger partial charge in [0.15, 0.2) is 0 Å². The lowest BCUT2D eigenvalue weighted by Crippen LogP contribution is -2.37. The van der Waals surface area contributed by atoms with E-state index < -0.39 is 0 Å². The molecule has 0 spiro atoms. The highest BCUT2D eigenvalue weighted by atomic mass is 15.1. The van der Waals surface area contributed by atoms with Crippen LogP contribution in [0.5, 0.6) is 0 Å². The molecule has 1 aromatic rings. The summed E-state index contributed by atoms with van der Waals surface area (Å²) in [5, 5.41) is 0. The predicted octanol–water partition coefficient (Wildman–Crippen LogP) is 0.879. The van der Waals surface area contributed by atoms with Crippen molar-refractivity contribution in [1.82, 2.24) is 14.5 Å². The van der Waals surface area contributed by atoms with E-state index >= 15 is 0 Å². The van der Waals surface area contributed by atoms with Gasteiger partial charge in [-0.2, -0.15) is 0 Å². The molecule has 1 rings (SSSR count). The molecule has 4 heteroatoms. The largest absolute Gasteiger partial charge is 0.338 e. The quantitative estimate of drug-likeness (QED) is 0.780. The van der Waals surface area contributed by atoms with Gasteiger partial charge in [0.2, 0.25) is 0 Å². The second kappa shape index (κ2) is 5.46. The first-order valence-corrected chi connectivity index (χ1v) is 5.79. The van der Waals surface area contributed by atoms with E-state index in [0.29, 0.717) is 0 Å². The molecule has 16 heavy (non-hydrogen) atoms. The molecular weight excluding hydrogens is 200 g/mol. The van der Waals surface area contributed by atoms with Crippen LogP contribution in [0.25, 0.3) is 0 Å². The number of rotatable bonds is 6. The molecule has 0 fully saturated rings. The third-order valence-electron chi connectivity index (χ3n) is 2.89. The Balaban J connectivity index is 2.36. The standard InChI is InChI=1S/C12H24N4/c1-12(2,9-13)10-15(3)7-5-11-14-6-8-16(11)4/h6,8H,5,7,9-10,13H2,1-4H3. The first-order chi connectivity index (χ1) is 7.44. The van der Waals surface area contributed by atoms with E-state index in [9.17, 15) is 0 Å². The smallest absolute Gasteiger partial charge is 0.109 e. The molecule has 0 aromatic carbocycles. The molecule has 92 valence electrons. The Morgan fingerprint density at radius 3 is 2.69 bits per heavy atom. The second-order valence-corrected chi connectivity index (χ2v) is 5.31.